The van der Waals surface area contributed by atoms with Crippen molar-refractivity contribution in [1.29, 1.82) is 0 Å². The maximum atomic E-state index is 6.40. The fraction of sp³-hybridized carbons (Fsp3) is 0.318. The molecule has 2 atom stereocenters. The molecule has 6 heteroatoms. The zero-order valence-corrected chi connectivity index (χ0v) is 16.2. The van der Waals surface area contributed by atoms with Crippen molar-refractivity contribution in [3.05, 3.63) is 54.7 Å². The van der Waals surface area contributed by atoms with Crippen molar-refractivity contribution in [1.82, 2.24) is 19.8 Å². The van der Waals surface area contributed by atoms with Crippen LogP contribution in [0.25, 0.3) is 27.8 Å². The van der Waals surface area contributed by atoms with Crippen molar-refractivity contribution in [2.24, 2.45) is 11.7 Å². The maximum absolute atomic E-state index is 6.40. The molecule has 3 aromatic heterocycles. The van der Waals surface area contributed by atoms with Gasteiger partial charge < -0.3 is 10.5 Å². The van der Waals surface area contributed by atoms with E-state index in [1.807, 2.05) is 48.7 Å². The van der Waals surface area contributed by atoms with Gasteiger partial charge in [0.15, 0.2) is 0 Å². The lowest BCUT2D eigenvalue weighted by molar-refractivity contribution is 0.132. The van der Waals surface area contributed by atoms with Gasteiger partial charge in [0, 0.05) is 17.5 Å². The normalized spacial score (nSPS) is 13.7. The highest BCUT2D eigenvalue weighted by molar-refractivity contribution is 5.88. The van der Waals surface area contributed by atoms with E-state index in [2.05, 4.69) is 30.2 Å². The third-order valence-electron chi connectivity index (χ3n) is 5.28. The number of rotatable bonds is 7. The number of nitrogens with two attached hydrogens (primary N) is 1. The third kappa shape index (κ3) is 3.31. The predicted molar refractivity (Wildman–Crippen MR) is 111 cm³/mol. The van der Waals surface area contributed by atoms with Crippen molar-refractivity contribution in [2.75, 3.05) is 6.54 Å². The van der Waals surface area contributed by atoms with Crippen LogP contribution in [0.2, 0.25) is 0 Å². The van der Waals surface area contributed by atoms with Gasteiger partial charge in [0.2, 0.25) is 0 Å². The Morgan fingerprint density at radius 2 is 1.93 bits per heavy atom. The van der Waals surface area contributed by atoms with Crippen LogP contribution in [0.1, 0.15) is 26.7 Å². The zero-order chi connectivity index (χ0) is 19.5. The van der Waals surface area contributed by atoms with Crippen molar-refractivity contribution in [3.8, 4) is 17.1 Å². The second-order valence-electron chi connectivity index (χ2n) is 6.96. The smallest absolute Gasteiger partial charge is 0.145 e. The Bertz CT molecular complexity index is 1090. The van der Waals surface area contributed by atoms with E-state index in [0.717, 1.165) is 46.4 Å². The van der Waals surface area contributed by atoms with Crippen LogP contribution in [-0.2, 0) is 0 Å². The molecule has 0 bridgehead atoms. The topological polar surface area (TPSA) is 78.3 Å². The van der Waals surface area contributed by atoms with Gasteiger partial charge in [-0.3, -0.25) is 0 Å². The number of ether oxygens (including phenoxy) is 1. The number of benzene rings is 1. The molecule has 0 radical (unpaired) electrons. The highest BCUT2D eigenvalue weighted by Gasteiger charge is 2.20. The Hall–Kier alpha value is -2.99. The Morgan fingerprint density at radius 3 is 2.71 bits per heavy atom. The summed E-state index contributed by atoms with van der Waals surface area (Å²) in [5, 5.41) is 9.55. The summed E-state index contributed by atoms with van der Waals surface area (Å²) in [4.78, 5) is 4.89. The minimum atomic E-state index is 0.0705. The molecule has 2 N–H and O–H groups in total. The summed E-state index contributed by atoms with van der Waals surface area (Å²) in [5.74, 6) is 1.11. The Kier molecular flexibility index (Phi) is 5.21. The summed E-state index contributed by atoms with van der Waals surface area (Å²) in [6, 6.07) is 16.0. The van der Waals surface area contributed by atoms with Crippen LogP contribution in [0.3, 0.4) is 0 Å². The first-order valence-corrected chi connectivity index (χ1v) is 9.82. The highest BCUT2D eigenvalue weighted by atomic mass is 16.5. The summed E-state index contributed by atoms with van der Waals surface area (Å²) in [7, 11) is 0. The minimum absolute atomic E-state index is 0.0705. The molecule has 0 aliphatic heterocycles. The Balaban J connectivity index is 1.77. The standard InChI is InChI=1S/C22H25N5O/c1-3-15(14-23)19(4-2)28-20-10-7-8-16-11-12-17(24-21(16)20)22-18-9-5-6-13-27(18)26-25-22/h5-13,15,19H,3-4,14,23H2,1-2H3/t15-,19?/m1/s1. The van der Waals surface area contributed by atoms with E-state index in [0.29, 0.717) is 12.5 Å². The molecule has 6 nitrogen and oxygen atoms in total. The first kappa shape index (κ1) is 18.4. The van der Waals surface area contributed by atoms with Crippen LogP contribution in [0, 0.1) is 5.92 Å². The van der Waals surface area contributed by atoms with Crippen LogP contribution in [0.5, 0.6) is 5.75 Å². The highest BCUT2D eigenvalue weighted by Crippen LogP contribution is 2.30. The van der Waals surface area contributed by atoms with Crippen LogP contribution in [-0.4, -0.2) is 32.5 Å². The molecule has 4 rings (SSSR count). The van der Waals surface area contributed by atoms with Gasteiger partial charge in [-0.1, -0.05) is 43.3 Å². The lowest BCUT2D eigenvalue weighted by Gasteiger charge is -2.25. The van der Waals surface area contributed by atoms with Gasteiger partial charge in [0.05, 0.1) is 11.2 Å². The molecule has 28 heavy (non-hydrogen) atoms. The number of fused-ring (bicyclic) bond motifs is 2. The first-order valence-electron chi connectivity index (χ1n) is 9.82. The number of aromatic nitrogens is 4. The molecule has 0 aliphatic rings. The quantitative estimate of drug-likeness (QED) is 0.526. The monoisotopic (exact) mass is 375 g/mol. The molecular formula is C22H25N5O. The molecule has 1 unspecified atom stereocenters. The molecule has 144 valence electrons. The van der Waals surface area contributed by atoms with E-state index in [9.17, 15) is 0 Å². The van der Waals surface area contributed by atoms with Crippen LogP contribution in [0.4, 0.5) is 0 Å². The number of hydrogen-bond acceptors (Lipinski definition) is 5. The molecule has 0 saturated carbocycles. The van der Waals surface area contributed by atoms with Gasteiger partial charge in [-0.15, -0.1) is 5.10 Å². The number of para-hydroxylation sites is 1. The zero-order valence-electron chi connectivity index (χ0n) is 16.2. The summed E-state index contributed by atoms with van der Waals surface area (Å²) in [6.07, 6.45) is 3.85. The van der Waals surface area contributed by atoms with Gasteiger partial charge in [-0.25, -0.2) is 9.50 Å². The van der Waals surface area contributed by atoms with Gasteiger partial charge in [0.1, 0.15) is 23.1 Å². The maximum Gasteiger partial charge on any atom is 0.145 e. The summed E-state index contributed by atoms with van der Waals surface area (Å²) >= 11 is 0. The molecule has 3 heterocycles. The molecular weight excluding hydrogens is 350 g/mol. The molecule has 1 aromatic carbocycles. The van der Waals surface area contributed by atoms with Gasteiger partial charge in [-0.2, -0.15) is 0 Å². The van der Waals surface area contributed by atoms with E-state index in [1.54, 1.807) is 4.52 Å². The average Bonchev–Trinajstić information content (AvgIpc) is 3.18. The van der Waals surface area contributed by atoms with Crippen molar-refractivity contribution < 1.29 is 4.74 Å². The van der Waals surface area contributed by atoms with Crippen molar-refractivity contribution in [2.45, 2.75) is 32.8 Å². The molecule has 0 spiro atoms. The second-order valence-corrected chi connectivity index (χ2v) is 6.96. The molecule has 0 amide bonds. The van der Waals surface area contributed by atoms with E-state index >= 15 is 0 Å². The molecule has 4 aromatic rings. The second kappa shape index (κ2) is 7.94. The van der Waals surface area contributed by atoms with Crippen LogP contribution in [0.15, 0.2) is 54.7 Å². The SMILES string of the molecule is CCC(Oc1cccc2ccc(-c3nnn4ccccc34)nc12)[C@H](CC)CN. The van der Waals surface area contributed by atoms with Crippen LogP contribution >= 0.6 is 0 Å². The lowest BCUT2D eigenvalue weighted by Crippen LogP contribution is -2.31. The molecule has 0 fully saturated rings. The first-order chi connectivity index (χ1) is 13.7. The number of pyridine rings is 2. The van der Waals surface area contributed by atoms with E-state index in [4.69, 9.17) is 15.5 Å². The third-order valence-corrected chi connectivity index (χ3v) is 5.28. The van der Waals surface area contributed by atoms with E-state index < -0.39 is 0 Å². The molecule has 0 saturated heterocycles. The van der Waals surface area contributed by atoms with Crippen molar-refractivity contribution in [3.63, 3.8) is 0 Å². The van der Waals surface area contributed by atoms with E-state index in [-0.39, 0.29) is 6.10 Å². The van der Waals surface area contributed by atoms with Crippen molar-refractivity contribution >= 4 is 16.4 Å². The Labute approximate surface area is 164 Å². The summed E-state index contributed by atoms with van der Waals surface area (Å²) in [5.41, 5.74) is 9.26. The minimum Gasteiger partial charge on any atom is -0.488 e. The summed E-state index contributed by atoms with van der Waals surface area (Å²) < 4.78 is 8.15. The fourth-order valence-corrected chi connectivity index (χ4v) is 3.63. The van der Waals surface area contributed by atoms with E-state index in [1.165, 1.54) is 0 Å². The average molecular weight is 375 g/mol. The summed E-state index contributed by atoms with van der Waals surface area (Å²) in [6.45, 7) is 4.90. The molecule has 0 aliphatic carbocycles. The van der Waals surface area contributed by atoms with Gasteiger partial charge >= 0.3 is 0 Å². The predicted octanol–water partition coefficient (Wildman–Crippen LogP) is 4.09. The largest absolute Gasteiger partial charge is 0.488 e. The lowest BCUT2D eigenvalue weighted by atomic mass is 9.97. The van der Waals surface area contributed by atoms with Gasteiger partial charge in [-0.05, 0) is 43.7 Å². The number of nitrogens with zero attached hydrogens (tertiary/aromatic N) is 4. The van der Waals surface area contributed by atoms with Crippen LogP contribution < -0.4 is 10.5 Å². The fourth-order valence-electron chi connectivity index (χ4n) is 3.63. The number of hydrogen-bond donors (Lipinski definition) is 1. The van der Waals surface area contributed by atoms with Gasteiger partial charge in [0.25, 0.3) is 0 Å². The Morgan fingerprint density at radius 1 is 1.04 bits per heavy atom.